The zero-order chi connectivity index (χ0) is 22.5. The van der Waals surface area contributed by atoms with Crippen molar-refractivity contribution in [1.82, 2.24) is 19.9 Å². The van der Waals surface area contributed by atoms with E-state index in [1.165, 1.54) is 0 Å². The second-order valence-electron chi connectivity index (χ2n) is 7.00. The predicted octanol–water partition coefficient (Wildman–Crippen LogP) is 5.77. The summed E-state index contributed by atoms with van der Waals surface area (Å²) < 4.78 is 2.55. The summed E-state index contributed by atoms with van der Waals surface area (Å²) in [6.45, 7) is 1.22. The molecule has 2 N–H and O–H groups in total. The molecule has 0 atom stereocenters. The Bertz CT molecular complexity index is 1250. The molecule has 6 nitrogen and oxygen atoms in total. The number of nitrogens with one attached hydrogen (secondary N) is 2. The number of amides is 1. The maximum absolute atomic E-state index is 12.3. The minimum absolute atomic E-state index is 0.0685. The van der Waals surface area contributed by atoms with Crippen molar-refractivity contribution >= 4 is 56.7 Å². The Morgan fingerprint density at radius 1 is 1.16 bits per heavy atom. The maximum Gasteiger partial charge on any atom is 0.251 e. The summed E-state index contributed by atoms with van der Waals surface area (Å²) in [6, 6.07) is 17.1. The Hall–Kier alpha value is -2.55. The number of rotatable bonds is 8. The summed E-state index contributed by atoms with van der Waals surface area (Å²) in [6.07, 6.45) is 4.48. The van der Waals surface area contributed by atoms with Crippen LogP contribution in [0, 0.1) is 0 Å². The van der Waals surface area contributed by atoms with Crippen molar-refractivity contribution in [3.63, 3.8) is 0 Å². The van der Waals surface area contributed by atoms with E-state index in [0.29, 0.717) is 29.3 Å². The summed E-state index contributed by atoms with van der Waals surface area (Å²) in [4.78, 5) is 18.2. The number of carbonyl (C=O) groups excluding carboxylic acids is 1. The highest BCUT2D eigenvalue weighted by Crippen LogP contribution is 2.30. The first kappa shape index (κ1) is 22.6. The molecule has 4 rings (SSSR count). The van der Waals surface area contributed by atoms with Gasteiger partial charge in [0.15, 0.2) is 5.65 Å². The van der Waals surface area contributed by atoms with Gasteiger partial charge in [-0.2, -0.15) is 9.61 Å². The van der Waals surface area contributed by atoms with Crippen LogP contribution in [0.25, 0.3) is 16.9 Å². The summed E-state index contributed by atoms with van der Waals surface area (Å²) >= 11 is 11.5. The van der Waals surface area contributed by atoms with Crippen LogP contribution in [0.1, 0.15) is 16.8 Å². The van der Waals surface area contributed by atoms with Gasteiger partial charge in [-0.15, -0.1) is 11.8 Å². The molecule has 0 aliphatic heterocycles. The Morgan fingerprint density at radius 3 is 2.69 bits per heavy atom. The van der Waals surface area contributed by atoms with Crippen molar-refractivity contribution in [1.29, 1.82) is 0 Å². The normalized spacial score (nSPS) is 11.0. The molecule has 9 heteroatoms. The third kappa shape index (κ3) is 5.09. The Labute approximate surface area is 203 Å². The highest BCUT2D eigenvalue weighted by Gasteiger charge is 2.13. The summed E-state index contributed by atoms with van der Waals surface area (Å²) in [5, 5.41) is 11.4. The van der Waals surface area contributed by atoms with Crippen molar-refractivity contribution in [2.75, 3.05) is 24.7 Å². The lowest BCUT2D eigenvalue weighted by atomic mass is 10.1. The molecule has 1 amide bonds. The van der Waals surface area contributed by atoms with Crippen LogP contribution in [-0.4, -0.2) is 39.9 Å². The van der Waals surface area contributed by atoms with E-state index in [4.69, 9.17) is 16.6 Å². The molecule has 0 aliphatic carbocycles. The van der Waals surface area contributed by atoms with Gasteiger partial charge in [0.05, 0.1) is 16.4 Å². The van der Waals surface area contributed by atoms with Gasteiger partial charge in [0.1, 0.15) is 5.82 Å². The minimum atomic E-state index is -0.0685. The van der Waals surface area contributed by atoms with Crippen molar-refractivity contribution in [3.8, 4) is 11.3 Å². The molecule has 2 heterocycles. The highest BCUT2D eigenvalue weighted by atomic mass is 79.9. The van der Waals surface area contributed by atoms with Gasteiger partial charge >= 0.3 is 0 Å². The quantitative estimate of drug-likeness (QED) is 0.224. The van der Waals surface area contributed by atoms with E-state index in [-0.39, 0.29) is 5.91 Å². The van der Waals surface area contributed by atoms with Crippen molar-refractivity contribution in [2.45, 2.75) is 11.3 Å². The summed E-state index contributed by atoms with van der Waals surface area (Å²) in [7, 11) is 0. The molecule has 164 valence electrons. The first-order valence-corrected chi connectivity index (χ1v) is 12.4. The lowest BCUT2D eigenvalue weighted by Crippen LogP contribution is -2.26. The monoisotopic (exact) mass is 529 g/mol. The third-order valence-electron chi connectivity index (χ3n) is 4.88. The SMILES string of the molecule is CSc1ccc(C(=O)NCCCNc2cc(-c3ccccc3Cl)nc3c(Br)cnn23)cc1. The fourth-order valence-electron chi connectivity index (χ4n) is 3.22. The number of thioether (sulfide) groups is 1. The van der Waals surface area contributed by atoms with Crippen LogP contribution in [0.15, 0.2) is 70.2 Å². The van der Waals surface area contributed by atoms with Crippen LogP contribution in [0.3, 0.4) is 0 Å². The molecule has 0 unspecified atom stereocenters. The standard InChI is InChI=1S/C23H21BrClN5OS/c1-32-16-9-7-15(8-10-16)23(31)27-12-4-11-26-21-13-20(17-5-2-3-6-19(17)25)29-22-18(24)14-28-30(21)22/h2-3,5-10,13-14,26H,4,11-12H2,1H3,(H,27,31). The van der Waals surface area contributed by atoms with Crippen LogP contribution in [-0.2, 0) is 0 Å². The van der Waals surface area contributed by atoms with E-state index in [2.05, 4.69) is 31.7 Å². The van der Waals surface area contributed by atoms with Crippen LogP contribution in [0.4, 0.5) is 5.82 Å². The first-order valence-electron chi connectivity index (χ1n) is 10.0. The molecule has 0 radical (unpaired) electrons. The predicted molar refractivity (Wildman–Crippen MR) is 135 cm³/mol. The van der Waals surface area contributed by atoms with Crippen LogP contribution in [0.2, 0.25) is 5.02 Å². The lowest BCUT2D eigenvalue weighted by Gasteiger charge is -2.12. The van der Waals surface area contributed by atoms with Gasteiger partial charge in [0.2, 0.25) is 0 Å². The molecule has 2 aromatic heterocycles. The molecule has 0 fully saturated rings. The fourth-order valence-corrected chi connectivity index (χ4v) is 4.21. The summed E-state index contributed by atoms with van der Waals surface area (Å²) in [5.41, 5.74) is 2.98. The molecule has 32 heavy (non-hydrogen) atoms. The number of hydrogen-bond acceptors (Lipinski definition) is 5. The molecule has 0 saturated heterocycles. The average molecular weight is 531 g/mol. The van der Waals surface area contributed by atoms with E-state index in [1.54, 1.807) is 22.5 Å². The van der Waals surface area contributed by atoms with E-state index in [1.807, 2.05) is 60.9 Å². The Morgan fingerprint density at radius 2 is 1.94 bits per heavy atom. The smallest absolute Gasteiger partial charge is 0.251 e. The van der Waals surface area contributed by atoms with E-state index in [0.717, 1.165) is 32.9 Å². The maximum atomic E-state index is 12.3. The molecular formula is C23H21BrClN5OS. The number of aromatic nitrogens is 3. The van der Waals surface area contributed by atoms with Gasteiger partial charge in [-0.05, 0) is 58.9 Å². The summed E-state index contributed by atoms with van der Waals surface area (Å²) in [5.74, 6) is 0.732. The number of halogens is 2. The molecule has 4 aromatic rings. The van der Waals surface area contributed by atoms with E-state index in [9.17, 15) is 4.79 Å². The number of benzene rings is 2. The van der Waals surface area contributed by atoms with Gasteiger partial charge in [-0.3, -0.25) is 4.79 Å². The van der Waals surface area contributed by atoms with Crippen molar-refractivity contribution in [3.05, 3.63) is 75.9 Å². The van der Waals surface area contributed by atoms with Gasteiger partial charge < -0.3 is 10.6 Å². The fraction of sp³-hybridized carbons (Fsp3) is 0.174. The zero-order valence-corrected chi connectivity index (χ0v) is 20.5. The second-order valence-corrected chi connectivity index (χ2v) is 9.14. The topological polar surface area (TPSA) is 71.3 Å². The van der Waals surface area contributed by atoms with Gasteiger partial charge in [-0.1, -0.05) is 29.8 Å². The number of hydrogen-bond donors (Lipinski definition) is 2. The van der Waals surface area contributed by atoms with Crippen LogP contribution in [0.5, 0.6) is 0 Å². The number of nitrogens with zero attached hydrogens (tertiary/aromatic N) is 3. The Kier molecular flexibility index (Phi) is 7.34. The second kappa shape index (κ2) is 10.4. The molecular weight excluding hydrogens is 510 g/mol. The molecule has 0 saturated carbocycles. The third-order valence-corrected chi connectivity index (χ3v) is 6.51. The molecule has 0 spiro atoms. The van der Waals surface area contributed by atoms with E-state index >= 15 is 0 Å². The van der Waals surface area contributed by atoms with Gasteiger partial charge in [-0.25, -0.2) is 4.98 Å². The molecule has 2 aromatic carbocycles. The lowest BCUT2D eigenvalue weighted by molar-refractivity contribution is 0.0953. The van der Waals surface area contributed by atoms with Crippen molar-refractivity contribution < 1.29 is 4.79 Å². The van der Waals surface area contributed by atoms with E-state index < -0.39 is 0 Å². The van der Waals surface area contributed by atoms with Crippen LogP contribution >= 0.6 is 39.3 Å². The minimum Gasteiger partial charge on any atom is -0.370 e. The number of fused-ring (bicyclic) bond motifs is 1. The highest BCUT2D eigenvalue weighted by molar-refractivity contribution is 9.10. The Balaban J connectivity index is 1.40. The zero-order valence-electron chi connectivity index (χ0n) is 17.3. The largest absolute Gasteiger partial charge is 0.370 e. The first-order chi connectivity index (χ1) is 15.6. The average Bonchev–Trinajstić information content (AvgIpc) is 3.19. The van der Waals surface area contributed by atoms with Crippen molar-refractivity contribution in [2.24, 2.45) is 0 Å². The van der Waals surface area contributed by atoms with Gasteiger partial charge in [0, 0.05) is 40.2 Å². The molecule has 0 aliphatic rings. The molecule has 0 bridgehead atoms. The van der Waals surface area contributed by atoms with Gasteiger partial charge in [0.25, 0.3) is 5.91 Å². The number of anilines is 1. The van der Waals surface area contributed by atoms with Crippen LogP contribution < -0.4 is 10.6 Å². The number of carbonyl (C=O) groups is 1.